The van der Waals surface area contributed by atoms with Gasteiger partial charge in [-0.05, 0) is 57.0 Å². The molecule has 0 bridgehead atoms. The maximum absolute atomic E-state index is 11.9. The normalized spacial score (nSPS) is 14.4. The second kappa shape index (κ2) is 4.53. The third kappa shape index (κ3) is 2.52. The molecule has 0 atom stereocenters. The molecule has 2 aromatic rings. The number of nitrogens with one attached hydrogen (secondary N) is 1. The zero-order valence-electron chi connectivity index (χ0n) is 11.2. The summed E-state index contributed by atoms with van der Waals surface area (Å²) in [5, 5.41) is 7.41. The number of aryl methyl sites for hydroxylation is 2. The van der Waals surface area contributed by atoms with Crippen molar-refractivity contribution in [2.75, 3.05) is 0 Å². The van der Waals surface area contributed by atoms with E-state index in [1.807, 2.05) is 48.9 Å². The SMILES string of the molecule is Cc1cc(C)n(-c2ccc(C(=O)NC3CC3)cc2)n1. The van der Waals surface area contributed by atoms with Crippen molar-refractivity contribution in [1.82, 2.24) is 15.1 Å². The van der Waals surface area contributed by atoms with E-state index < -0.39 is 0 Å². The van der Waals surface area contributed by atoms with Gasteiger partial charge in [0.25, 0.3) is 5.91 Å². The molecule has 1 heterocycles. The van der Waals surface area contributed by atoms with Crippen LogP contribution in [0.4, 0.5) is 0 Å². The van der Waals surface area contributed by atoms with E-state index in [-0.39, 0.29) is 5.91 Å². The van der Waals surface area contributed by atoms with Crippen molar-refractivity contribution in [3.8, 4) is 5.69 Å². The van der Waals surface area contributed by atoms with Gasteiger partial charge >= 0.3 is 0 Å². The van der Waals surface area contributed by atoms with Crippen LogP contribution in [0.25, 0.3) is 5.69 Å². The Bertz CT molecular complexity index is 609. The maximum atomic E-state index is 11.9. The summed E-state index contributed by atoms with van der Waals surface area (Å²) in [6, 6.07) is 9.99. The molecule has 0 unspecified atom stereocenters. The molecule has 1 aromatic carbocycles. The second-order valence-corrected chi connectivity index (χ2v) is 5.13. The molecule has 1 saturated carbocycles. The maximum Gasteiger partial charge on any atom is 0.251 e. The van der Waals surface area contributed by atoms with Gasteiger partial charge in [0, 0.05) is 17.3 Å². The standard InChI is InChI=1S/C15H17N3O/c1-10-9-11(2)18(17-10)14-7-3-12(4-8-14)15(19)16-13-5-6-13/h3-4,7-9,13H,5-6H2,1-2H3,(H,16,19). The van der Waals surface area contributed by atoms with Gasteiger partial charge in [0.2, 0.25) is 0 Å². The lowest BCUT2D eigenvalue weighted by molar-refractivity contribution is 0.0951. The minimum atomic E-state index is 0.0161. The van der Waals surface area contributed by atoms with Crippen LogP contribution >= 0.6 is 0 Å². The molecule has 4 nitrogen and oxygen atoms in total. The summed E-state index contributed by atoms with van der Waals surface area (Å²) < 4.78 is 1.89. The number of nitrogens with zero attached hydrogens (tertiary/aromatic N) is 2. The summed E-state index contributed by atoms with van der Waals surface area (Å²) in [6.45, 7) is 3.99. The summed E-state index contributed by atoms with van der Waals surface area (Å²) in [7, 11) is 0. The third-order valence-corrected chi connectivity index (χ3v) is 3.30. The summed E-state index contributed by atoms with van der Waals surface area (Å²) in [5.41, 5.74) is 3.77. The van der Waals surface area contributed by atoms with E-state index in [9.17, 15) is 4.79 Å². The second-order valence-electron chi connectivity index (χ2n) is 5.13. The largest absolute Gasteiger partial charge is 0.349 e. The first-order valence-corrected chi connectivity index (χ1v) is 6.58. The summed E-state index contributed by atoms with van der Waals surface area (Å²) in [6.07, 6.45) is 2.21. The van der Waals surface area contributed by atoms with Gasteiger partial charge in [-0.15, -0.1) is 0 Å². The molecular formula is C15H17N3O. The van der Waals surface area contributed by atoms with Crippen LogP contribution in [0.15, 0.2) is 30.3 Å². The van der Waals surface area contributed by atoms with Crippen LogP contribution in [0.2, 0.25) is 0 Å². The summed E-state index contributed by atoms with van der Waals surface area (Å²) in [5.74, 6) is 0.0161. The Labute approximate surface area is 112 Å². The number of aromatic nitrogens is 2. The van der Waals surface area contributed by atoms with Crippen molar-refractivity contribution in [2.24, 2.45) is 0 Å². The zero-order chi connectivity index (χ0) is 13.4. The third-order valence-electron chi connectivity index (χ3n) is 3.30. The van der Waals surface area contributed by atoms with Crippen molar-refractivity contribution in [2.45, 2.75) is 32.7 Å². The Hall–Kier alpha value is -2.10. The first-order chi connectivity index (χ1) is 9.13. The quantitative estimate of drug-likeness (QED) is 0.915. The topological polar surface area (TPSA) is 46.9 Å². The molecular weight excluding hydrogens is 238 g/mol. The van der Waals surface area contributed by atoms with Gasteiger partial charge in [-0.25, -0.2) is 4.68 Å². The molecule has 1 N–H and O–H groups in total. The van der Waals surface area contributed by atoms with E-state index in [1.54, 1.807) is 0 Å². The fourth-order valence-corrected chi connectivity index (χ4v) is 2.14. The molecule has 1 aliphatic carbocycles. The van der Waals surface area contributed by atoms with Crippen LogP contribution in [-0.4, -0.2) is 21.7 Å². The smallest absolute Gasteiger partial charge is 0.251 e. The number of hydrogen-bond donors (Lipinski definition) is 1. The van der Waals surface area contributed by atoms with Crippen molar-refractivity contribution in [3.05, 3.63) is 47.3 Å². The van der Waals surface area contributed by atoms with Crippen molar-refractivity contribution >= 4 is 5.91 Å². The van der Waals surface area contributed by atoms with Crippen LogP contribution in [0.1, 0.15) is 34.6 Å². The fraction of sp³-hybridized carbons (Fsp3) is 0.333. The molecule has 19 heavy (non-hydrogen) atoms. The van der Waals surface area contributed by atoms with E-state index in [0.717, 1.165) is 29.9 Å². The molecule has 1 aromatic heterocycles. The van der Waals surface area contributed by atoms with Gasteiger partial charge in [0.1, 0.15) is 0 Å². The van der Waals surface area contributed by atoms with E-state index in [2.05, 4.69) is 10.4 Å². The highest BCUT2D eigenvalue weighted by molar-refractivity contribution is 5.94. The molecule has 98 valence electrons. The van der Waals surface area contributed by atoms with Gasteiger partial charge in [-0.3, -0.25) is 4.79 Å². The molecule has 0 radical (unpaired) electrons. The lowest BCUT2D eigenvalue weighted by Crippen LogP contribution is -2.25. The highest BCUT2D eigenvalue weighted by atomic mass is 16.1. The first-order valence-electron chi connectivity index (χ1n) is 6.58. The summed E-state index contributed by atoms with van der Waals surface area (Å²) >= 11 is 0. The number of carbonyl (C=O) groups is 1. The Balaban J connectivity index is 1.81. The molecule has 0 spiro atoms. The average Bonchev–Trinajstić information content (AvgIpc) is 3.13. The first kappa shape index (κ1) is 12.0. The lowest BCUT2D eigenvalue weighted by atomic mass is 10.2. The van der Waals surface area contributed by atoms with Crippen LogP contribution < -0.4 is 5.32 Å². The van der Waals surface area contributed by atoms with E-state index in [0.29, 0.717) is 11.6 Å². The number of hydrogen-bond acceptors (Lipinski definition) is 2. The minimum Gasteiger partial charge on any atom is -0.349 e. The predicted molar refractivity (Wildman–Crippen MR) is 73.5 cm³/mol. The molecule has 0 aliphatic heterocycles. The lowest BCUT2D eigenvalue weighted by Gasteiger charge is -2.06. The summed E-state index contributed by atoms with van der Waals surface area (Å²) in [4.78, 5) is 11.9. The van der Waals surface area contributed by atoms with Crippen LogP contribution in [0.3, 0.4) is 0 Å². The monoisotopic (exact) mass is 255 g/mol. The van der Waals surface area contributed by atoms with Crippen LogP contribution in [-0.2, 0) is 0 Å². The van der Waals surface area contributed by atoms with Crippen LogP contribution in [0, 0.1) is 13.8 Å². The number of rotatable bonds is 3. The van der Waals surface area contributed by atoms with E-state index in [1.165, 1.54) is 0 Å². The van der Waals surface area contributed by atoms with Gasteiger partial charge in [0.05, 0.1) is 11.4 Å². The molecule has 1 fully saturated rings. The fourth-order valence-electron chi connectivity index (χ4n) is 2.14. The average molecular weight is 255 g/mol. The van der Waals surface area contributed by atoms with Gasteiger partial charge in [-0.1, -0.05) is 0 Å². The van der Waals surface area contributed by atoms with Crippen LogP contribution in [0.5, 0.6) is 0 Å². The number of amides is 1. The highest BCUT2D eigenvalue weighted by Crippen LogP contribution is 2.19. The Morgan fingerprint density at radius 2 is 1.95 bits per heavy atom. The molecule has 4 heteroatoms. The number of benzene rings is 1. The number of carbonyl (C=O) groups excluding carboxylic acids is 1. The minimum absolute atomic E-state index is 0.0161. The van der Waals surface area contributed by atoms with E-state index in [4.69, 9.17) is 0 Å². The highest BCUT2D eigenvalue weighted by Gasteiger charge is 2.23. The van der Waals surface area contributed by atoms with E-state index >= 15 is 0 Å². The van der Waals surface area contributed by atoms with Crippen molar-refractivity contribution < 1.29 is 4.79 Å². The van der Waals surface area contributed by atoms with Gasteiger partial charge < -0.3 is 5.32 Å². The predicted octanol–water partition coefficient (Wildman–Crippen LogP) is 2.38. The Kier molecular flexibility index (Phi) is 2.85. The Morgan fingerprint density at radius 3 is 2.47 bits per heavy atom. The Morgan fingerprint density at radius 1 is 1.26 bits per heavy atom. The van der Waals surface area contributed by atoms with Crippen molar-refractivity contribution in [1.29, 1.82) is 0 Å². The van der Waals surface area contributed by atoms with Crippen molar-refractivity contribution in [3.63, 3.8) is 0 Å². The molecule has 3 rings (SSSR count). The molecule has 1 amide bonds. The zero-order valence-corrected chi connectivity index (χ0v) is 11.2. The molecule has 0 saturated heterocycles. The van der Waals surface area contributed by atoms with Gasteiger partial charge in [-0.2, -0.15) is 5.10 Å². The molecule has 1 aliphatic rings. The van der Waals surface area contributed by atoms with Gasteiger partial charge in [0.15, 0.2) is 0 Å².